The molecule has 0 radical (unpaired) electrons. The lowest BCUT2D eigenvalue weighted by atomic mass is 10.0. The number of carbonyl (C=O) groups is 2. The standard InChI is InChI=1S/C18H27NO4/c1-12(2)15(16(20)21)19(17(22)23-18(4,5)6)11-14-9-7-8-13(3)10-14/h7-10,12,15H,11H2,1-6H3,(H,20,21). The zero-order chi connectivity index (χ0) is 17.8. The van der Waals surface area contributed by atoms with E-state index in [0.29, 0.717) is 0 Å². The number of amides is 1. The molecule has 1 amide bonds. The first-order valence-corrected chi connectivity index (χ1v) is 7.79. The van der Waals surface area contributed by atoms with Gasteiger partial charge in [-0.05, 0) is 39.2 Å². The third-order valence-corrected chi connectivity index (χ3v) is 3.28. The molecule has 0 spiro atoms. The summed E-state index contributed by atoms with van der Waals surface area (Å²) in [6.45, 7) is 11.0. The van der Waals surface area contributed by atoms with Crippen molar-refractivity contribution < 1.29 is 19.4 Å². The maximum absolute atomic E-state index is 12.5. The molecular weight excluding hydrogens is 294 g/mol. The molecule has 0 saturated heterocycles. The van der Waals surface area contributed by atoms with Crippen LogP contribution in [0.25, 0.3) is 0 Å². The molecule has 0 bridgehead atoms. The normalized spacial score (nSPS) is 12.8. The first-order chi connectivity index (χ1) is 10.5. The summed E-state index contributed by atoms with van der Waals surface area (Å²) in [5, 5.41) is 9.54. The maximum Gasteiger partial charge on any atom is 0.411 e. The molecule has 0 heterocycles. The summed E-state index contributed by atoms with van der Waals surface area (Å²) in [6.07, 6.45) is -0.611. The van der Waals surface area contributed by atoms with Crippen molar-refractivity contribution in [2.45, 2.75) is 59.7 Å². The minimum Gasteiger partial charge on any atom is -0.480 e. The van der Waals surface area contributed by atoms with Crippen LogP contribution in [0.3, 0.4) is 0 Å². The van der Waals surface area contributed by atoms with Gasteiger partial charge in [0.25, 0.3) is 0 Å². The van der Waals surface area contributed by atoms with Crippen molar-refractivity contribution >= 4 is 12.1 Å². The fourth-order valence-electron chi connectivity index (χ4n) is 2.38. The Morgan fingerprint density at radius 3 is 2.30 bits per heavy atom. The van der Waals surface area contributed by atoms with E-state index >= 15 is 0 Å². The van der Waals surface area contributed by atoms with Gasteiger partial charge in [-0.1, -0.05) is 43.7 Å². The first kappa shape index (κ1) is 19.0. The molecule has 0 aromatic heterocycles. The number of ether oxygens (including phenoxy) is 1. The van der Waals surface area contributed by atoms with Crippen LogP contribution >= 0.6 is 0 Å². The summed E-state index contributed by atoms with van der Waals surface area (Å²) in [7, 11) is 0. The SMILES string of the molecule is Cc1cccc(CN(C(=O)OC(C)(C)C)C(C(=O)O)C(C)C)c1. The highest BCUT2D eigenvalue weighted by Crippen LogP contribution is 2.20. The van der Waals surface area contributed by atoms with Crippen molar-refractivity contribution in [3.63, 3.8) is 0 Å². The molecule has 5 heteroatoms. The highest BCUT2D eigenvalue weighted by Gasteiger charge is 2.35. The molecule has 1 N–H and O–H groups in total. The number of carboxylic acids is 1. The predicted octanol–water partition coefficient (Wildman–Crippen LogP) is 3.84. The smallest absolute Gasteiger partial charge is 0.411 e. The second kappa shape index (κ2) is 7.49. The molecule has 1 aromatic rings. The summed E-state index contributed by atoms with van der Waals surface area (Å²) in [5.41, 5.74) is 1.26. The summed E-state index contributed by atoms with van der Waals surface area (Å²) in [4.78, 5) is 25.5. The average molecular weight is 321 g/mol. The van der Waals surface area contributed by atoms with Crippen LogP contribution in [0.1, 0.15) is 45.7 Å². The number of hydrogen-bond acceptors (Lipinski definition) is 3. The van der Waals surface area contributed by atoms with E-state index in [2.05, 4.69) is 0 Å². The number of carbonyl (C=O) groups excluding carboxylic acids is 1. The Kier molecular flexibility index (Phi) is 6.19. The topological polar surface area (TPSA) is 66.8 Å². The molecule has 23 heavy (non-hydrogen) atoms. The van der Waals surface area contributed by atoms with Gasteiger partial charge in [-0.25, -0.2) is 9.59 Å². The number of rotatable bonds is 5. The minimum atomic E-state index is -1.03. The Morgan fingerprint density at radius 2 is 1.87 bits per heavy atom. The molecule has 0 aliphatic rings. The molecule has 1 aromatic carbocycles. The average Bonchev–Trinajstić information content (AvgIpc) is 2.34. The van der Waals surface area contributed by atoms with E-state index in [1.165, 1.54) is 4.90 Å². The van der Waals surface area contributed by atoms with Crippen molar-refractivity contribution in [3.05, 3.63) is 35.4 Å². The summed E-state index contributed by atoms with van der Waals surface area (Å²) in [6, 6.07) is 6.73. The van der Waals surface area contributed by atoms with Crippen LogP contribution in [0.4, 0.5) is 4.79 Å². The Labute approximate surface area is 138 Å². The van der Waals surface area contributed by atoms with E-state index in [9.17, 15) is 14.7 Å². The summed E-state index contributed by atoms with van der Waals surface area (Å²) >= 11 is 0. The van der Waals surface area contributed by atoms with Gasteiger partial charge in [-0.3, -0.25) is 4.90 Å². The third-order valence-electron chi connectivity index (χ3n) is 3.28. The molecule has 128 valence electrons. The molecule has 1 unspecified atom stereocenters. The minimum absolute atomic E-state index is 0.200. The zero-order valence-electron chi connectivity index (χ0n) is 14.8. The van der Waals surface area contributed by atoms with Crippen LogP contribution in [0.5, 0.6) is 0 Å². The predicted molar refractivity (Wildman–Crippen MR) is 89.2 cm³/mol. The molecule has 0 aliphatic heterocycles. The third kappa shape index (κ3) is 5.93. The van der Waals surface area contributed by atoms with Crippen LogP contribution in [0, 0.1) is 12.8 Å². The Bertz CT molecular complexity index is 560. The van der Waals surface area contributed by atoms with Crippen molar-refractivity contribution in [1.82, 2.24) is 4.90 Å². The van der Waals surface area contributed by atoms with Gasteiger partial charge in [0.05, 0.1) is 0 Å². The second-order valence-electron chi connectivity index (χ2n) is 7.12. The highest BCUT2D eigenvalue weighted by atomic mass is 16.6. The number of hydrogen-bond donors (Lipinski definition) is 1. The number of aliphatic carboxylic acids is 1. The number of carboxylic acid groups (broad SMARTS) is 1. The molecule has 0 fully saturated rings. The van der Waals surface area contributed by atoms with Crippen LogP contribution in [0.15, 0.2) is 24.3 Å². The second-order valence-corrected chi connectivity index (χ2v) is 7.12. The van der Waals surface area contributed by atoms with Gasteiger partial charge in [-0.2, -0.15) is 0 Å². The highest BCUT2D eigenvalue weighted by molar-refractivity contribution is 5.80. The monoisotopic (exact) mass is 321 g/mol. The molecule has 1 atom stereocenters. The van der Waals surface area contributed by atoms with E-state index in [1.807, 2.05) is 31.2 Å². The molecular formula is C18H27NO4. The summed E-state index contributed by atoms with van der Waals surface area (Å²) < 4.78 is 5.41. The number of nitrogens with zero attached hydrogens (tertiary/aromatic N) is 1. The van der Waals surface area contributed by atoms with Gasteiger partial charge in [-0.15, -0.1) is 0 Å². The summed E-state index contributed by atoms with van der Waals surface area (Å²) in [5.74, 6) is -1.26. The van der Waals surface area contributed by atoms with Gasteiger partial charge in [0, 0.05) is 6.54 Å². The van der Waals surface area contributed by atoms with Crippen LogP contribution in [-0.4, -0.2) is 33.7 Å². The fourth-order valence-corrected chi connectivity index (χ4v) is 2.38. The van der Waals surface area contributed by atoms with Crippen molar-refractivity contribution in [3.8, 4) is 0 Å². The van der Waals surface area contributed by atoms with Gasteiger partial charge < -0.3 is 9.84 Å². The Balaban J connectivity index is 3.14. The maximum atomic E-state index is 12.5. The molecule has 0 saturated carbocycles. The van der Waals surface area contributed by atoms with Gasteiger partial charge in [0.2, 0.25) is 0 Å². The van der Waals surface area contributed by atoms with Gasteiger partial charge in [0.1, 0.15) is 11.6 Å². The van der Waals surface area contributed by atoms with E-state index in [-0.39, 0.29) is 12.5 Å². The van der Waals surface area contributed by atoms with Crippen LogP contribution in [0.2, 0.25) is 0 Å². The molecule has 0 aliphatic carbocycles. The Morgan fingerprint density at radius 1 is 1.26 bits per heavy atom. The lowest BCUT2D eigenvalue weighted by Gasteiger charge is -2.33. The van der Waals surface area contributed by atoms with E-state index in [4.69, 9.17) is 4.74 Å². The lowest BCUT2D eigenvalue weighted by molar-refractivity contribution is -0.145. The van der Waals surface area contributed by atoms with Gasteiger partial charge in [0.15, 0.2) is 0 Å². The Hall–Kier alpha value is -2.04. The van der Waals surface area contributed by atoms with Crippen molar-refractivity contribution in [2.75, 3.05) is 0 Å². The zero-order valence-corrected chi connectivity index (χ0v) is 14.8. The quantitative estimate of drug-likeness (QED) is 0.894. The largest absolute Gasteiger partial charge is 0.480 e. The number of benzene rings is 1. The van der Waals surface area contributed by atoms with Gasteiger partial charge >= 0.3 is 12.1 Å². The first-order valence-electron chi connectivity index (χ1n) is 7.79. The molecule has 5 nitrogen and oxygen atoms in total. The molecule has 1 rings (SSSR count). The van der Waals surface area contributed by atoms with Crippen molar-refractivity contribution in [1.29, 1.82) is 0 Å². The van der Waals surface area contributed by atoms with E-state index < -0.39 is 23.7 Å². The van der Waals surface area contributed by atoms with Crippen molar-refractivity contribution in [2.24, 2.45) is 5.92 Å². The van der Waals surface area contributed by atoms with E-state index in [1.54, 1.807) is 34.6 Å². The lowest BCUT2D eigenvalue weighted by Crippen LogP contribution is -2.49. The van der Waals surface area contributed by atoms with E-state index in [0.717, 1.165) is 11.1 Å². The number of aryl methyl sites for hydroxylation is 1. The van der Waals surface area contributed by atoms with Crippen LogP contribution < -0.4 is 0 Å². The fraction of sp³-hybridized carbons (Fsp3) is 0.556. The van der Waals surface area contributed by atoms with Crippen LogP contribution in [-0.2, 0) is 16.1 Å².